The van der Waals surface area contributed by atoms with Gasteiger partial charge in [0.15, 0.2) is 0 Å². The van der Waals surface area contributed by atoms with Crippen LogP contribution in [0.25, 0.3) is 22.2 Å². The zero-order valence-corrected chi connectivity index (χ0v) is 13.7. The number of carboxylic acids is 1. The number of fused-ring (bicyclic) bond motifs is 1. The van der Waals surface area contributed by atoms with Gasteiger partial charge < -0.3 is 10.1 Å². The highest BCUT2D eigenvalue weighted by atomic mass is 19.4. The summed E-state index contributed by atoms with van der Waals surface area (Å²) in [5.74, 6) is -1.09. The average molecular weight is 347 g/mol. The van der Waals surface area contributed by atoms with Crippen LogP contribution in [0.4, 0.5) is 13.2 Å². The molecule has 0 fully saturated rings. The SMILES string of the molecule is Cc1ccc(C)c(-c2[nH]c3c(C(F)(F)F)cccc3c2CC(=O)O)c1. The summed E-state index contributed by atoms with van der Waals surface area (Å²) in [6, 6.07) is 9.44. The Bertz CT molecular complexity index is 971. The first kappa shape index (κ1) is 17.1. The van der Waals surface area contributed by atoms with Crippen LogP contribution in [0.3, 0.4) is 0 Å². The Morgan fingerprint density at radius 3 is 2.52 bits per heavy atom. The van der Waals surface area contributed by atoms with Crippen LogP contribution in [0.2, 0.25) is 0 Å². The van der Waals surface area contributed by atoms with E-state index in [0.29, 0.717) is 16.8 Å². The van der Waals surface area contributed by atoms with Gasteiger partial charge >= 0.3 is 12.1 Å². The topological polar surface area (TPSA) is 53.1 Å². The first-order chi connectivity index (χ1) is 11.7. The third kappa shape index (κ3) is 3.12. The number of aromatic amines is 1. The molecule has 0 aliphatic carbocycles. The van der Waals surface area contributed by atoms with Crippen molar-refractivity contribution in [3.8, 4) is 11.3 Å². The predicted molar refractivity (Wildman–Crippen MR) is 89.6 cm³/mol. The summed E-state index contributed by atoms with van der Waals surface area (Å²) < 4.78 is 40.0. The molecule has 0 radical (unpaired) electrons. The van der Waals surface area contributed by atoms with Crippen LogP contribution < -0.4 is 0 Å². The molecule has 0 amide bonds. The lowest BCUT2D eigenvalue weighted by Crippen LogP contribution is -2.05. The number of aromatic nitrogens is 1. The van der Waals surface area contributed by atoms with Crippen molar-refractivity contribution in [3.05, 3.63) is 58.7 Å². The molecule has 3 nitrogen and oxygen atoms in total. The Labute approximate surface area is 142 Å². The van der Waals surface area contributed by atoms with Crippen LogP contribution in [-0.4, -0.2) is 16.1 Å². The second kappa shape index (κ2) is 5.95. The number of H-pyrrole nitrogens is 1. The Kier molecular flexibility index (Phi) is 4.06. The maximum absolute atomic E-state index is 13.3. The fourth-order valence-corrected chi connectivity index (χ4v) is 3.08. The van der Waals surface area contributed by atoms with Crippen LogP contribution >= 0.6 is 0 Å². The molecule has 0 bridgehead atoms. The van der Waals surface area contributed by atoms with E-state index in [-0.39, 0.29) is 17.3 Å². The first-order valence-electron chi connectivity index (χ1n) is 7.68. The normalized spacial score (nSPS) is 11.9. The monoisotopic (exact) mass is 347 g/mol. The second-order valence-corrected chi connectivity index (χ2v) is 6.09. The van der Waals surface area contributed by atoms with E-state index in [4.69, 9.17) is 0 Å². The summed E-state index contributed by atoms with van der Waals surface area (Å²) in [5.41, 5.74) is 2.42. The van der Waals surface area contributed by atoms with Gasteiger partial charge in [-0.05, 0) is 37.1 Å². The molecule has 25 heavy (non-hydrogen) atoms. The van der Waals surface area contributed by atoms with Gasteiger partial charge in [-0.1, -0.05) is 29.8 Å². The summed E-state index contributed by atoms with van der Waals surface area (Å²) >= 11 is 0. The fourth-order valence-electron chi connectivity index (χ4n) is 3.08. The maximum Gasteiger partial charge on any atom is 0.418 e. The zero-order chi connectivity index (χ0) is 18.4. The van der Waals surface area contributed by atoms with E-state index in [1.54, 1.807) is 0 Å². The quantitative estimate of drug-likeness (QED) is 0.693. The summed E-state index contributed by atoms with van der Waals surface area (Å²) in [6.45, 7) is 3.72. The summed E-state index contributed by atoms with van der Waals surface area (Å²) in [5, 5.41) is 9.52. The predicted octanol–water partition coefficient (Wildman–Crippen LogP) is 5.10. The lowest BCUT2D eigenvalue weighted by molar-refractivity contribution is -0.137. The van der Waals surface area contributed by atoms with E-state index < -0.39 is 17.7 Å². The van der Waals surface area contributed by atoms with E-state index in [9.17, 15) is 23.1 Å². The number of benzene rings is 2. The fraction of sp³-hybridized carbons (Fsp3) is 0.211. The summed E-state index contributed by atoms with van der Waals surface area (Å²) in [7, 11) is 0. The van der Waals surface area contributed by atoms with Crippen LogP contribution in [0, 0.1) is 13.8 Å². The third-order valence-electron chi connectivity index (χ3n) is 4.24. The minimum atomic E-state index is -4.52. The minimum absolute atomic E-state index is 0.0813. The van der Waals surface area contributed by atoms with Crippen molar-refractivity contribution >= 4 is 16.9 Å². The van der Waals surface area contributed by atoms with Gasteiger partial charge in [0.25, 0.3) is 0 Å². The van der Waals surface area contributed by atoms with Gasteiger partial charge in [0.1, 0.15) is 0 Å². The molecule has 0 aliphatic heterocycles. The molecule has 0 atom stereocenters. The number of nitrogens with one attached hydrogen (secondary N) is 1. The molecule has 0 aliphatic rings. The number of carbonyl (C=O) groups is 1. The van der Waals surface area contributed by atoms with Gasteiger partial charge in [0.05, 0.1) is 23.2 Å². The van der Waals surface area contributed by atoms with Crippen molar-refractivity contribution < 1.29 is 23.1 Å². The molecular weight excluding hydrogens is 331 g/mol. The van der Waals surface area contributed by atoms with Gasteiger partial charge in [-0.3, -0.25) is 4.79 Å². The van der Waals surface area contributed by atoms with Crippen LogP contribution in [0.15, 0.2) is 36.4 Å². The van der Waals surface area contributed by atoms with Gasteiger partial charge in [0, 0.05) is 10.9 Å². The van der Waals surface area contributed by atoms with E-state index in [1.165, 1.54) is 12.1 Å². The van der Waals surface area contributed by atoms with E-state index in [0.717, 1.165) is 17.2 Å². The molecule has 1 aromatic heterocycles. The standard InChI is InChI=1S/C19H16F3NO2/c1-10-6-7-11(2)13(8-10)17-14(9-16(24)25)12-4-3-5-15(18(12)23-17)19(20,21)22/h3-8,23H,9H2,1-2H3,(H,24,25). The number of para-hydroxylation sites is 1. The van der Waals surface area contributed by atoms with Gasteiger partial charge in [-0.15, -0.1) is 0 Å². The Morgan fingerprint density at radius 1 is 1.16 bits per heavy atom. The molecule has 3 rings (SSSR count). The highest BCUT2D eigenvalue weighted by molar-refractivity contribution is 5.96. The van der Waals surface area contributed by atoms with Crippen LogP contribution in [-0.2, 0) is 17.4 Å². The van der Waals surface area contributed by atoms with Crippen LogP contribution in [0.5, 0.6) is 0 Å². The average Bonchev–Trinajstić information content (AvgIpc) is 2.86. The number of aryl methyl sites for hydroxylation is 2. The molecule has 2 N–H and O–H groups in total. The molecule has 6 heteroatoms. The van der Waals surface area contributed by atoms with E-state index in [2.05, 4.69) is 4.98 Å². The number of aliphatic carboxylic acids is 1. The number of alkyl halides is 3. The number of rotatable bonds is 3. The molecule has 0 saturated carbocycles. The smallest absolute Gasteiger partial charge is 0.418 e. The van der Waals surface area contributed by atoms with Gasteiger partial charge in [-0.2, -0.15) is 13.2 Å². The largest absolute Gasteiger partial charge is 0.481 e. The summed E-state index contributed by atoms with van der Waals surface area (Å²) in [6.07, 6.45) is -4.88. The van der Waals surface area contributed by atoms with Gasteiger partial charge in [-0.25, -0.2) is 0 Å². The minimum Gasteiger partial charge on any atom is -0.481 e. The van der Waals surface area contributed by atoms with Crippen LogP contribution in [0.1, 0.15) is 22.3 Å². The molecule has 2 aromatic carbocycles. The van der Waals surface area contributed by atoms with Crippen molar-refractivity contribution in [1.82, 2.24) is 4.98 Å². The molecule has 0 unspecified atom stereocenters. The van der Waals surface area contributed by atoms with Gasteiger partial charge in [0.2, 0.25) is 0 Å². The van der Waals surface area contributed by atoms with Crippen molar-refractivity contribution in [2.75, 3.05) is 0 Å². The molecule has 0 saturated heterocycles. The first-order valence-corrected chi connectivity index (χ1v) is 7.68. The van der Waals surface area contributed by atoms with Crippen molar-refractivity contribution in [2.45, 2.75) is 26.4 Å². The molecular formula is C19H16F3NO2. The number of hydrogen-bond acceptors (Lipinski definition) is 1. The van der Waals surface area contributed by atoms with Crippen molar-refractivity contribution in [2.24, 2.45) is 0 Å². The Morgan fingerprint density at radius 2 is 1.88 bits per heavy atom. The lowest BCUT2D eigenvalue weighted by Gasteiger charge is -2.08. The zero-order valence-electron chi connectivity index (χ0n) is 13.7. The molecule has 1 heterocycles. The summed E-state index contributed by atoms with van der Waals surface area (Å²) in [4.78, 5) is 14.1. The van der Waals surface area contributed by atoms with Crippen molar-refractivity contribution in [3.63, 3.8) is 0 Å². The molecule has 130 valence electrons. The maximum atomic E-state index is 13.3. The Hall–Kier alpha value is -2.76. The third-order valence-corrected chi connectivity index (χ3v) is 4.24. The molecule has 0 spiro atoms. The Balaban J connectivity index is 2.38. The van der Waals surface area contributed by atoms with E-state index in [1.807, 2.05) is 32.0 Å². The number of hydrogen-bond donors (Lipinski definition) is 2. The highest BCUT2D eigenvalue weighted by Crippen LogP contribution is 2.39. The highest BCUT2D eigenvalue weighted by Gasteiger charge is 2.34. The second-order valence-electron chi connectivity index (χ2n) is 6.09. The van der Waals surface area contributed by atoms with E-state index >= 15 is 0 Å². The van der Waals surface area contributed by atoms with Crippen molar-refractivity contribution in [1.29, 1.82) is 0 Å². The number of halogens is 3. The molecule has 3 aromatic rings. The number of carboxylic acid groups (broad SMARTS) is 1. The lowest BCUT2D eigenvalue weighted by atomic mass is 9.97.